The van der Waals surface area contributed by atoms with Crippen molar-refractivity contribution < 1.29 is 45.2 Å². The quantitative estimate of drug-likeness (QED) is 0.575. The number of unbranched alkanes of at least 4 members (excludes halogenated alkanes) is 1. The summed E-state index contributed by atoms with van der Waals surface area (Å²) in [5, 5.41) is 1.66. The molecular weight excluding hydrogens is 387 g/mol. The molecule has 125 valence electrons. The fourth-order valence-corrected chi connectivity index (χ4v) is 6.05. The van der Waals surface area contributed by atoms with Gasteiger partial charge < -0.3 is 24.8 Å². The third kappa shape index (κ3) is 3.97. The second-order valence-corrected chi connectivity index (χ2v) is 9.67. The molecule has 2 aliphatic carbocycles. The third-order valence-corrected chi connectivity index (χ3v) is 6.93. The van der Waals surface area contributed by atoms with Crippen LogP contribution in [0.1, 0.15) is 43.7 Å². The van der Waals surface area contributed by atoms with Crippen LogP contribution in [-0.2, 0) is 20.4 Å². The minimum Gasteiger partial charge on any atom is -1.00 e. The van der Waals surface area contributed by atoms with Crippen LogP contribution in [0.25, 0.3) is 3.88 Å². The van der Waals surface area contributed by atoms with Gasteiger partial charge in [-0.1, -0.05) is 0 Å². The third-order valence-electron chi connectivity index (χ3n) is 4.60. The summed E-state index contributed by atoms with van der Waals surface area (Å²) >= 11 is 2.33. The second kappa shape index (κ2) is 9.50. The van der Waals surface area contributed by atoms with Crippen LogP contribution in [0, 0.1) is 0 Å². The summed E-state index contributed by atoms with van der Waals surface area (Å²) in [6.07, 6.45) is 9.67. The molecule has 1 aromatic rings. The molecule has 0 saturated heterocycles. The van der Waals surface area contributed by atoms with Crippen molar-refractivity contribution in [1.29, 1.82) is 0 Å². The Morgan fingerprint density at radius 1 is 1.08 bits per heavy atom. The molecule has 0 fully saturated rings. The van der Waals surface area contributed by atoms with Gasteiger partial charge in [-0.05, 0) is 0 Å². The molecule has 0 amide bonds. The zero-order chi connectivity index (χ0) is 15.7. The predicted octanol–water partition coefficient (Wildman–Crippen LogP) is -0.731. The van der Waals surface area contributed by atoms with Gasteiger partial charge in [0.25, 0.3) is 0 Å². The summed E-state index contributed by atoms with van der Waals surface area (Å²) in [4.78, 5) is 0. The van der Waals surface area contributed by atoms with E-state index < -0.39 is 8.41 Å². The van der Waals surface area contributed by atoms with E-state index in [1.54, 1.807) is 21.9 Å². The van der Waals surface area contributed by atoms with Crippen LogP contribution in [-0.4, -0.2) is 13.6 Å². The number of hydrogen-bond donors (Lipinski definition) is 0. The van der Waals surface area contributed by atoms with Crippen molar-refractivity contribution in [3.05, 3.63) is 64.3 Å². The number of halogens is 2. The first-order valence-electron chi connectivity index (χ1n) is 8.27. The van der Waals surface area contributed by atoms with E-state index in [4.69, 9.17) is 0 Å². The van der Waals surface area contributed by atoms with Gasteiger partial charge in [-0.15, -0.1) is 0 Å². The molecule has 3 rings (SSSR count). The van der Waals surface area contributed by atoms with Gasteiger partial charge >= 0.3 is 148 Å². The van der Waals surface area contributed by atoms with Crippen LogP contribution in [0.5, 0.6) is 0 Å². The van der Waals surface area contributed by atoms with Crippen molar-refractivity contribution in [1.82, 2.24) is 0 Å². The Labute approximate surface area is 172 Å². The minimum atomic E-state index is -0.488. The molecule has 0 atom stereocenters. The van der Waals surface area contributed by atoms with Gasteiger partial charge in [-0.2, -0.15) is 0 Å². The van der Waals surface area contributed by atoms with Crippen LogP contribution in [0.4, 0.5) is 0 Å². The summed E-state index contributed by atoms with van der Waals surface area (Å²) in [6, 6.07) is 9.00. The van der Waals surface area contributed by atoms with Crippen LogP contribution in [0.3, 0.4) is 0 Å². The van der Waals surface area contributed by atoms with E-state index in [0.29, 0.717) is 0 Å². The van der Waals surface area contributed by atoms with E-state index in [-0.39, 0.29) is 24.8 Å². The molecule has 24 heavy (non-hydrogen) atoms. The molecule has 0 nitrogen and oxygen atoms in total. The van der Waals surface area contributed by atoms with E-state index in [1.807, 2.05) is 0 Å². The summed E-state index contributed by atoms with van der Waals surface area (Å²) in [5.74, 6) is 0. The molecule has 0 aromatic heterocycles. The standard InChI is InChI=1S/C20H23Si.2ClH.Ti/c1-4-5-9-15-11-8-13-17(15)19-14-16-10-6-7-12-18(16)20(19)21(2)3;;;/h6-8,10-12H,4-5,9,13H2,1-3H3;2*1H;/q;;;+2/p-2. The van der Waals surface area contributed by atoms with Gasteiger partial charge in [0.15, 0.2) is 0 Å². The molecule has 0 saturated carbocycles. The van der Waals surface area contributed by atoms with Gasteiger partial charge in [0.1, 0.15) is 0 Å². The monoisotopic (exact) mass is 409 g/mol. The smallest absolute Gasteiger partial charge is 1.00 e. The van der Waals surface area contributed by atoms with Crippen LogP contribution >= 0.6 is 0 Å². The van der Waals surface area contributed by atoms with E-state index in [9.17, 15) is 0 Å². The molecule has 2 aliphatic rings. The van der Waals surface area contributed by atoms with E-state index in [0.717, 1.165) is 6.42 Å². The molecule has 1 aromatic carbocycles. The zero-order valence-electron chi connectivity index (χ0n) is 14.5. The summed E-state index contributed by atoms with van der Waals surface area (Å²) < 4.78 is 1.50. The molecule has 0 spiro atoms. The fourth-order valence-electron chi connectivity index (χ4n) is 3.55. The molecule has 4 heteroatoms. The second-order valence-electron chi connectivity index (χ2n) is 6.38. The van der Waals surface area contributed by atoms with E-state index in [1.165, 1.54) is 34.3 Å². The maximum Gasteiger partial charge on any atom is -1.00 e. The van der Waals surface area contributed by atoms with E-state index >= 15 is 0 Å². The van der Waals surface area contributed by atoms with Crippen LogP contribution in [0.2, 0.25) is 13.1 Å². The van der Waals surface area contributed by atoms with Gasteiger partial charge in [-0.3, -0.25) is 0 Å². The van der Waals surface area contributed by atoms with Gasteiger partial charge in [0.05, 0.1) is 0 Å². The van der Waals surface area contributed by atoms with Crippen molar-refractivity contribution >= 4 is 17.5 Å². The Balaban J connectivity index is 0.00000144. The average Bonchev–Trinajstić information content (AvgIpc) is 3.07. The summed E-state index contributed by atoms with van der Waals surface area (Å²) in [7, 11) is -0.488. The van der Waals surface area contributed by atoms with Crippen molar-refractivity contribution in [2.24, 2.45) is 0 Å². The fraction of sp³-hybridized carbons (Fsp3) is 0.350. The van der Waals surface area contributed by atoms with Crippen molar-refractivity contribution in [2.75, 3.05) is 0 Å². The van der Waals surface area contributed by atoms with Crippen LogP contribution < -0.4 is 24.8 Å². The first-order valence-corrected chi connectivity index (χ1v) is 11.6. The van der Waals surface area contributed by atoms with Gasteiger partial charge in [0.2, 0.25) is 0 Å². The molecule has 0 aliphatic heterocycles. The zero-order valence-corrected chi connectivity index (χ0v) is 18.6. The van der Waals surface area contributed by atoms with Crippen LogP contribution in [0.15, 0.2) is 53.1 Å². The topological polar surface area (TPSA) is 0 Å². The first kappa shape index (κ1) is 21.9. The molecule has 0 bridgehead atoms. The molecule has 0 unspecified atom stereocenters. The first-order chi connectivity index (χ1) is 10.6. The number of rotatable bonds is 4. The number of allylic oxidation sites excluding steroid dienone is 5. The molecule has 0 N–H and O–H groups in total. The Kier molecular flexibility index (Phi) is 8.65. The number of hydrogen-bond acceptors (Lipinski definition) is 0. The maximum atomic E-state index is 2.43. The van der Waals surface area contributed by atoms with Gasteiger partial charge in [0, 0.05) is 0 Å². The van der Waals surface area contributed by atoms with E-state index in [2.05, 4.69) is 76.9 Å². The Bertz CT molecular complexity index is 738. The predicted molar refractivity (Wildman–Crippen MR) is 95.3 cm³/mol. The number of benzene rings is 1. The SMILES string of the molecule is CCCCC1=C(C2=[C]([Ti+2])c3ccccc3C2=[Si](C)C)CC=C1.[Cl-].[Cl-]. The Hall–Kier alpha value is -0.179. The van der Waals surface area contributed by atoms with Crippen molar-refractivity contribution in [3.63, 3.8) is 0 Å². The van der Waals surface area contributed by atoms with Gasteiger partial charge in [-0.25, -0.2) is 0 Å². The minimum absolute atomic E-state index is 0. The Morgan fingerprint density at radius 2 is 1.75 bits per heavy atom. The maximum absolute atomic E-state index is 2.43. The Morgan fingerprint density at radius 3 is 2.38 bits per heavy atom. The average molecular weight is 410 g/mol. The molecule has 0 radical (unpaired) electrons. The molecule has 0 heterocycles. The summed E-state index contributed by atoms with van der Waals surface area (Å²) in [6.45, 7) is 7.15. The largest absolute Gasteiger partial charge is 1.00 e. The van der Waals surface area contributed by atoms with Crippen molar-refractivity contribution in [2.45, 2.75) is 45.7 Å². The van der Waals surface area contributed by atoms with Crippen molar-refractivity contribution in [3.8, 4) is 0 Å². The summed E-state index contributed by atoms with van der Waals surface area (Å²) in [5.41, 5.74) is 7.76. The number of fused-ring (bicyclic) bond motifs is 1. The normalized spacial score (nSPS) is 15.5. The molecular formula is C20H23Cl2SiTi.